The standard InChI is InChI=1S/C23H33N3O3S2/c1-30-22-12-11-19(18-23(22)31(24,28)29)21(27)10-6-3-7-13-25-14-16-26(17-15-25)20-8-4-2-5-9-20/h2,4-5,8-9,11-12,18,21,27H,3,6-7,10,13-17H2,1H3,(H2,24,28,29). The average Bonchev–Trinajstić information content (AvgIpc) is 2.78. The van der Waals surface area contributed by atoms with Gasteiger partial charge in [-0.25, -0.2) is 13.6 Å². The van der Waals surface area contributed by atoms with Gasteiger partial charge in [0.05, 0.1) is 11.0 Å². The Bertz CT molecular complexity index is 930. The number of benzene rings is 2. The zero-order chi connectivity index (χ0) is 22.3. The Morgan fingerprint density at radius 2 is 1.74 bits per heavy atom. The predicted molar refractivity (Wildman–Crippen MR) is 128 cm³/mol. The molecule has 1 aliphatic rings. The van der Waals surface area contributed by atoms with Crippen LogP contribution in [-0.2, 0) is 10.0 Å². The highest BCUT2D eigenvalue weighted by Gasteiger charge is 2.18. The molecule has 0 aromatic heterocycles. The lowest BCUT2D eigenvalue weighted by atomic mass is 10.0. The van der Waals surface area contributed by atoms with Crippen LogP contribution in [0.3, 0.4) is 0 Å². The minimum absolute atomic E-state index is 0.0891. The first kappa shape index (κ1) is 24.1. The second-order valence-corrected chi connectivity index (χ2v) is 10.4. The number of aliphatic hydroxyl groups excluding tert-OH is 1. The van der Waals surface area contributed by atoms with Crippen LogP contribution in [-0.4, -0.2) is 57.4 Å². The molecular formula is C23H33N3O3S2. The van der Waals surface area contributed by atoms with Crippen LogP contribution < -0.4 is 10.0 Å². The van der Waals surface area contributed by atoms with E-state index in [1.165, 1.54) is 23.5 Å². The third kappa shape index (κ3) is 6.95. The van der Waals surface area contributed by atoms with Crippen molar-refractivity contribution < 1.29 is 13.5 Å². The van der Waals surface area contributed by atoms with Crippen molar-refractivity contribution in [1.82, 2.24) is 4.90 Å². The molecule has 3 rings (SSSR count). The van der Waals surface area contributed by atoms with Crippen molar-refractivity contribution in [3.63, 3.8) is 0 Å². The fraction of sp³-hybridized carbons (Fsp3) is 0.478. The average molecular weight is 464 g/mol. The highest BCUT2D eigenvalue weighted by Crippen LogP contribution is 2.29. The number of nitrogens with zero attached hydrogens (tertiary/aromatic N) is 2. The fourth-order valence-corrected chi connectivity index (χ4v) is 5.72. The molecule has 0 spiro atoms. The number of aliphatic hydroxyl groups is 1. The lowest BCUT2D eigenvalue weighted by molar-refractivity contribution is 0.162. The van der Waals surface area contributed by atoms with E-state index in [1.54, 1.807) is 12.1 Å². The number of piperazine rings is 1. The van der Waals surface area contributed by atoms with Crippen LogP contribution in [0, 0.1) is 0 Å². The number of anilines is 1. The Balaban J connectivity index is 1.38. The molecule has 170 valence electrons. The number of unbranched alkanes of at least 4 members (excludes halogenated alkanes) is 2. The maximum atomic E-state index is 11.8. The summed E-state index contributed by atoms with van der Waals surface area (Å²) in [5.74, 6) is 0. The molecule has 1 fully saturated rings. The molecule has 6 nitrogen and oxygen atoms in total. The molecule has 1 saturated heterocycles. The third-order valence-electron chi connectivity index (χ3n) is 5.82. The third-order valence-corrected chi connectivity index (χ3v) is 7.70. The van der Waals surface area contributed by atoms with Gasteiger partial charge in [0.15, 0.2) is 0 Å². The summed E-state index contributed by atoms with van der Waals surface area (Å²) in [5.41, 5.74) is 1.91. The van der Waals surface area contributed by atoms with Gasteiger partial charge in [-0.05, 0) is 55.5 Å². The molecule has 0 radical (unpaired) electrons. The van der Waals surface area contributed by atoms with Crippen LogP contribution in [0.4, 0.5) is 5.69 Å². The van der Waals surface area contributed by atoms with Crippen LogP contribution in [0.1, 0.15) is 37.4 Å². The highest BCUT2D eigenvalue weighted by molar-refractivity contribution is 7.99. The lowest BCUT2D eigenvalue weighted by Gasteiger charge is -2.36. The van der Waals surface area contributed by atoms with Crippen LogP contribution in [0.2, 0.25) is 0 Å². The first-order chi connectivity index (χ1) is 14.9. The Hall–Kier alpha value is -1.58. The second kappa shape index (κ2) is 11.3. The number of hydrogen-bond donors (Lipinski definition) is 2. The SMILES string of the molecule is CSc1ccc(C(O)CCCCCN2CCN(c3ccccc3)CC2)cc1S(N)(=O)=O. The van der Waals surface area contributed by atoms with Crippen molar-refractivity contribution in [1.29, 1.82) is 0 Å². The van der Waals surface area contributed by atoms with Gasteiger partial charge in [0.25, 0.3) is 0 Å². The maximum Gasteiger partial charge on any atom is 0.239 e. The number of hydrogen-bond acceptors (Lipinski definition) is 6. The molecule has 3 N–H and O–H groups in total. The summed E-state index contributed by atoms with van der Waals surface area (Å²) >= 11 is 1.33. The largest absolute Gasteiger partial charge is 0.388 e. The van der Waals surface area contributed by atoms with Gasteiger partial charge in [0.1, 0.15) is 0 Å². The number of rotatable bonds is 10. The number of thioether (sulfide) groups is 1. The first-order valence-electron chi connectivity index (χ1n) is 10.8. The Morgan fingerprint density at radius 3 is 2.39 bits per heavy atom. The number of nitrogens with two attached hydrogens (primary N) is 1. The van der Waals surface area contributed by atoms with E-state index in [1.807, 2.05) is 6.26 Å². The number of para-hydroxylation sites is 1. The van der Waals surface area contributed by atoms with Crippen molar-refractivity contribution in [2.75, 3.05) is 43.9 Å². The van der Waals surface area contributed by atoms with E-state index in [0.29, 0.717) is 16.9 Å². The van der Waals surface area contributed by atoms with Crippen molar-refractivity contribution in [2.24, 2.45) is 5.14 Å². The van der Waals surface area contributed by atoms with Gasteiger partial charge < -0.3 is 10.0 Å². The van der Waals surface area contributed by atoms with E-state index in [4.69, 9.17) is 5.14 Å². The van der Waals surface area contributed by atoms with Crippen LogP contribution >= 0.6 is 11.8 Å². The molecule has 2 aromatic rings. The van der Waals surface area contributed by atoms with Crippen LogP contribution in [0.15, 0.2) is 58.3 Å². The minimum atomic E-state index is -3.81. The van der Waals surface area contributed by atoms with E-state index in [9.17, 15) is 13.5 Å². The number of primary sulfonamides is 1. The molecule has 0 aliphatic carbocycles. The first-order valence-corrected chi connectivity index (χ1v) is 13.6. The molecule has 1 aliphatic heterocycles. The van der Waals surface area contributed by atoms with Crippen molar-refractivity contribution in [3.8, 4) is 0 Å². The van der Waals surface area contributed by atoms with Gasteiger partial charge in [0, 0.05) is 36.8 Å². The minimum Gasteiger partial charge on any atom is -0.388 e. The molecule has 1 atom stereocenters. The molecule has 0 saturated carbocycles. The Kier molecular flexibility index (Phi) is 8.80. The Labute approximate surface area is 190 Å². The van der Waals surface area contributed by atoms with Gasteiger partial charge in [-0.15, -0.1) is 11.8 Å². The highest BCUT2D eigenvalue weighted by atomic mass is 32.2. The molecule has 8 heteroatoms. The molecule has 1 heterocycles. The van der Waals surface area contributed by atoms with E-state index < -0.39 is 16.1 Å². The van der Waals surface area contributed by atoms with Crippen molar-refractivity contribution in [3.05, 3.63) is 54.1 Å². The van der Waals surface area contributed by atoms with Crippen molar-refractivity contribution >= 4 is 27.5 Å². The lowest BCUT2D eigenvalue weighted by Crippen LogP contribution is -2.46. The molecule has 0 amide bonds. The fourth-order valence-electron chi connectivity index (χ4n) is 4.01. The smallest absolute Gasteiger partial charge is 0.239 e. The second-order valence-electron chi connectivity index (χ2n) is 7.98. The van der Waals surface area contributed by atoms with E-state index in [0.717, 1.165) is 52.0 Å². The van der Waals surface area contributed by atoms with Gasteiger partial charge in [0.2, 0.25) is 10.0 Å². The summed E-state index contributed by atoms with van der Waals surface area (Å²) in [6.45, 7) is 5.35. The van der Waals surface area contributed by atoms with Crippen LogP contribution in [0.25, 0.3) is 0 Å². The number of sulfonamides is 1. The van der Waals surface area contributed by atoms with Gasteiger partial charge in [-0.2, -0.15) is 0 Å². The molecule has 0 bridgehead atoms. The predicted octanol–water partition coefficient (Wildman–Crippen LogP) is 3.47. The zero-order valence-electron chi connectivity index (χ0n) is 18.1. The summed E-state index contributed by atoms with van der Waals surface area (Å²) in [6.07, 6.45) is 4.80. The molecule has 31 heavy (non-hydrogen) atoms. The summed E-state index contributed by atoms with van der Waals surface area (Å²) in [4.78, 5) is 5.64. The van der Waals surface area contributed by atoms with Gasteiger partial charge in [-0.1, -0.05) is 37.1 Å². The van der Waals surface area contributed by atoms with E-state index in [-0.39, 0.29) is 4.90 Å². The van der Waals surface area contributed by atoms with E-state index >= 15 is 0 Å². The quantitative estimate of drug-likeness (QED) is 0.414. The maximum absolute atomic E-state index is 11.8. The molecule has 2 aromatic carbocycles. The normalized spacial score (nSPS) is 16.4. The van der Waals surface area contributed by atoms with Gasteiger partial charge in [-0.3, -0.25) is 4.90 Å². The topological polar surface area (TPSA) is 86.9 Å². The van der Waals surface area contributed by atoms with Crippen LogP contribution in [0.5, 0.6) is 0 Å². The van der Waals surface area contributed by atoms with Gasteiger partial charge >= 0.3 is 0 Å². The molecule has 1 unspecified atom stereocenters. The summed E-state index contributed by atoms with van der Waals surface area (Å²) < 4.78 is 23.6. The summed E-state index contributed by atoms with van der Waals surface area (Å²) in [6, 6.07) is 15.6. The summed E-state index contributed by atoms with van der Waals surface area (Å²) in [5, 5.41) is 15.8. The van der Waals surface area contributed by atoms with E-state index in [2.05, 4.69) is 40.1 Å². The monoisotopic (exact) mass is 463 g/mol. The summed E-state index contributed by atoms with van der Waals surface area (Å²) in [7, 11) is -3.81. The molecular weight excluding hydrogens is 430 g/mol. The van der Waals surface area contributed by atoms with Crippen molar-refractivity contribution in [2.45, 2.75) is 41.6 Å². The Morgan fingerprint density at radius 1 is 1.03 bits per heavy atom. The zero-order valence-corrected chi connectivity index (χ0v) is 19.7.